The lowest BCUT2D eigenvalue weighted by Crippen LogP contribution is -2.19. The van der Waals surface area contributed by atoms with Crippen LogP contribution in [0, 0.1) is 0 Å². The molecule has 1 aliphatic heterocycles. The second kappa shape index (κ2) is 7.17. The fourth-order valence-corrected chi connectivity index (χ4v) is 3.43. The van der Waals surface area contributed by atoms with Crippen molar-refractivity contribution < 1.29 is 9.52 Å². The maximum absolute atomic E-state index is 9.10. The van der Waals surface area contributed by atoms with Crippen molar-refractivity contribution in [3.05, 3.63) is 72.1 Å². The molecule has 0 radical (unpaired) electrons. The van der Waals surface area contributed by atoms with E-state index >= 15 is 0 Å². The van der Waals surface area contributed by atoms with E-state index < -0.39 is 0 Å². The van der Waals surface area contributed by atoms with E-state index in [1.165, 1.54) is 5.56 Å². The van der Waals surface area contributed by atoms with E-state index in [9.17, 15) is 0 Å². The van der Waals surface area contributed by atoms with E-state index in [4.69, 9.17) is 9.52 Å². The smallest absolute Gasteiger partial charge is 0.129 e. The third-order valence-electron chi connectivity index (χ3n) is 4.74. The number of hydrogen-bond acceptors (Lipinski definition) is 5. The second-order valence-electron chi connectivity index (χ2n) is 6.46. The lowest BCUT2D eigenvalue weighted by Gasteiger charge is -2.15. The summed E-state index contributed by atoms with van der Waals surface area (Å²) in [7, 11) is 0. The first-order chi connectivity index (χ1) is 12.3. The zero-order chi connectivity index (χ0) is 17.1. The fourth-order valence-electron chi connectivity index (χ4n) is 3.43. The topological polar surface area (TPSA) is 62.4 Å². The van der Waals surface area contributed by atoms with Crippen LogP contribution in [0.4, 0.5) is 0 Å². The number of nitrogens with zero attached hydrogens (tertiary/aromatic N) is 3. The molecule has 0 aromatic carbocycles. The van der Waals surface area contributed by atoms with Crippen LogP contribution in [0.15, 0.2) is 59.4 Å². The molecular weight excluding hydrogens is 314 g/mol. The highest BCUT2D eigenvalue weighted by Crippen LogP contribution is 2.30. The molecule has 3 aromatic heterocycles. The molecule has 0 spiro atoms. The molecule has 0 aliphatic carbocycles. The largest absolute Gasteiger partial charge is 0.462 e. The molecule has 0 unspecified atom stereocenters. The first-order valence-electron chi connectivity index (χ1n) is 8.59. The average molecular weight is 335 g/mol. The number of aromatic nitrogens is 2. The molecule has 1 N–H and O–H groups in total. The molecule has 0 bridgehead atoms. The van der Waals surface area contributed by atoms with Crippen LogP contribution in [0.25, 0.3) is 11.3 Å². The second-order valence-corrected chi connectivity index (χ2v) is 6.46. The minimum Gasteiger partial charge on any atom is -0.462 e. The first kappa shape index (κ1) is 16.0. The average Bonchev–Trinajstić information content (AvgIpc) is 3.32. The summed E-state index contributed by atoms with van der Waals surface area (Å²) in [6.45, 7) is 2.80. The van der Waals surface area contributed by atoms with Crippen LogP contribution in [0.5, 0.6) is 0 Å². The van der Waals surface area contributed by atoms with Crippen LogP contribution >= 0.6 is 0 Å². The van der Waals surface area contributed by atoms with Crippen LogP contribution < -0.4 is 0 Å². The molecule has 5 heteroatoms. The Balaban J connectivity index is 1.45. The predicted octanol–water partition coefficient (Wildman–Crippen LogP) is 3.22. The Morgan fingerprint density at radius 3 is 2.88 bits per heavy atom. The summed E-state index contributed by atoms with van der Waals surface area (Å²) in [6.07, 6.45) is 6.65. The number of aliphatic hydroxyl groups is 1. The normalized spacial score (nSPS) is 17.9. The zero-order valence-corrected chi connectivity index (χ0v) is 14.0. The molecule has 1 fully saturated rings. The molecule has 3 aromatic rings. The number of aliphatic hydroxyl groups excluding tert-OH is 1. The molecule has 1 aliphatic rings. The van der Waals surface area contributed by atoms with Crippen LogP contribution in [0.3, 0.4) is 0 Å². The quantitative estimate of drug-likeness (QED) is 0.776. The van der Waals surface area contributed by atoms with Gasteiger partial charge in [0.2, 0.25) is 0 Å². The Labute approximate surface area is 147 Å². The van der Waals surface area contributed by atoms with E-state index in [1.54, 1.807) is 6.20 Å². The van der Waals surface area contributed by atoms with Crippen molar-refractivity contribution in [2.45, 2.75) is 25.5 Å². The summed E-state index contributed by atoms with van der Waals surface area (Å²) in [5.41, 5.74) is 3.35. The van der Waals surface area contributed by atoms with Crippen LogP contribution in [-0.2, 0) is 13.2 Å². The van der Waals surface area contributed by atoms with Crippen LogP contribution in [-0.4, -0.2) is 33.1 Å². The highest BCUT2D eigenvalue weighted by Gasteiger charge is 2.25. The maximum atomic E-state index is 9.10. The van der Waals surface area contributed by atoms with Gasteiger partial charge in [0, 0.05) is 30.7 Å². The summed E-state index contributed by atoms with van der Waals surface area (Å²) in [5, 5.41) is 9.10. The minimum absolute atomic E-state index is 0.0449. The Morgan fingerprint density at radius 2 is 2.08 bits per heavy atom. The van der Waals surface area contributed by atoms with Gasteiger partial charge in [-0.05, 0) is 60.8 Å². The van der Waals surface area contributed by atoms with Gasteiger partial charge in [-0.15, -0.1) is 0 Å². The standard InChI is InChI=1S/C20H21N3O2/c24-14-19-4-3-18(25-19)13-23-9-6-17(12-23)15-5-8-22-20(10-15)16-2-1-7-21-11-16/h1-5,7-8,10-11,17,24H,6,9,12-14H2/t17-/m0/s1. The van der Waals surface area contributed by atoms with Crippen molar-refractivity contribution >= 4 is 0 Å². The predicted molar refractivity (Wildman–Crippen MR) is 94.7 cm³/mol. The van der Waals surface area contributed by atoms with Gasteiger partial charge in [-0.3, -0.25) is 14.9 Å². The molecule has 4 rings (SSSR count). The third-order valence-corrected chi connectivity index (χ3v) is 4.74. The van der Waals surface area contributed by atoms with Crippen molar-refractivity contribution in [2.24, 2.45) is 0 Å². The van der Waals surface area contributed by atoms with Gasteiger partial charge in [0.25, 0.3) is 0 Å². The number of pyridine rings is 2. The molecule has 0 saturated carbocycles. The van der Waals surface area contributed by atoms with Gasteiger partial charge in [0.05, 0.1) is 12.2 Å². The molecule has 1 saturated heterocycles. The van der Waals surface area contributed by atoms with E-state index in [-0.39, 0.29) is 6.61 Å². The summed E-state index contributed by atoms with van der Waals surface area (Å²) >= 11 is 0. The van der Waals surface area contributed by atoms with Crippen molar-refractivity contribution in [1.29, 1.82) is 0 Å². The van der Waals surface area contributed by atoms with Gasteiger partial charge in [0.15, 0.2) is 0 Å². The zero-order valence-electron chi connectivity index (χ0n) is 14.0. The van der Waals surface area contributed by atoms with Crippen molar-refractivity contribution in [3.63, 3.8) is 0 Å². The lowest BCUT2D eigenvalue weighted by atomic mass is 9.98. The Kier molecular flexibility index (Phi) is 4.59. The van der Waals surface area contributed by atoms with Gasteiger partial charge in [0.1, 0.15) is 18.1 Å². The Morgan fingerprint density at radius 1 is 1.16 bits per heavy atom. The Hall–Kier alpha value is -2.50. The monoisotopic (exact) mass is 335 g/mol. The van der Waals surface area contributed by atoms with Gasteiger partial charge < -0.3 is 9.52 Å². The van der Waals surface area contributed by atoms with Crippen molar-refractivity contribution in [3.8, 4) is 11.3 Å². The maximum Gasteiger partial charge on any atom is 0.129 e. The Bertz CT molecular complexity index is 832. The fraction of sp³-hybridized carbons (Fsp3) is 0.300. The van der Waals surface area contributed by atoms with E-state index in [0.717, 1.165) is 43.1 Å². The third kappa shape index (κ3) is 3.62. The van der Waals surface area contributed by atoms with Gasteiger partial charge in [-0.2, -0.15) is 0 Å². The number of hydrogen-bond donors (Lipinski definition) is 1. The SMILES string of the molecule is OCc1ccc(CN2CC[C@H](c3ccnc(-c4cccnc4)c3)C2)o1. The van der Waals surface area contributed by atoms with E-state index in [1.807, 2.05) is 36.7 Å². The summed E-state index contributed by atoms with van der Waals surface area (Å²) in [6, 6.07) is 12.1. The highest BCUT2D eigenvalue weighted by molar-refractivity contribution is 5.58. The van der Waals surface area contributed by atoms with Crippen molar-refractivity contribution in [2.75, 3.05) is 13.1 Å². The lowest BCUT2D eigenvalue weighted by molar-refractivity contribution is 0.232. The number of rotatable bonds is 5. The molecule has 0 amide bonds. The summed E-state index contributed by atoms with van der Waals surface area (Å²) in [4.78, 5) is 11.1. The number of likely N-dealkylation sites (tertiary alicyclic amines) is 1. The molecule has 25 heavy (non-hydrogen) atoms. The molecule has 1 atom stereocenters. The minimum atomic E-state index is -0.0449. The summed E-state index contributed by atoms with van der Waals surface area (Å²) in [5.74, 6) is 2.04. The number of furan rings is 1. The van der Waals surface area contributed by atoms with Gasteiger partial charge in [-0.1, -0.05) is 0 Å². The molecular formula is C20H21N3O2. The van der Waals surface area contributed by atoms with Gasteiger partial charge >= 0.3 is 0 Å². The summed E-state index contributed by atoms with van der Waals surface area (Å²) < 4.78 is 5.60. The van der Waals surface area contributed by atoms with Crippen LogP contribution in [0.1, 0.15) is 29.4 Å². The first-order valence-corrected chi connectivity index (χ1v) is 8.59. The van der Waals surface area contributed by atoms with Gasteiger partial charge in [-0.25, -0.2) is 0 Å². The van der Waals surface area contributed by atoms with E-state index in [0.29, 0.717) is 11.7 Å². The molecule has 4 heterocycles. The molecule has 5 nitrogen and oxygen atoms in total. The highest BCUT2D eigenvalue weighted by atomic mass is 16.4. The van der Waals surface area contributed by atoms with Crippen LogP contribution in [0.2, 0.25) is 0 Å². The van der Waals surface area contributed by atoms with Crippen molar-refractivity contribution in [1.82, 2.24) is 14.9 Å². The van der Waals surface area contributed by atoms with E-state index in [2.05, 4.69) is 27.0 Å². The molecule has 128 valence electrons.